The number of carbonyl (C=O) groups is 1. The van der Waals surface area contributed by atoms with Gasteiger partial charge >= 0.3 is 0 Å². The predicted octanol–water partition coefficient (Wildman–Crippen LogP) is 1.44. The Morgan fingerprint density at radius 3 is 2.59 bits per heavy atom. The maximum Gasteiger partial charge on any atom is 0.253 e. The highest BCUT2D eigenvalue weighted by atomic mass is 32.2. The fourth-order valence-electron chi connectivity index (χ4n) is 2.90. The zero-order chi connectivity index (χ0) is 15.7. The summed E-state index contributed by atoms with van der Waals surface area (Å²) in [6.45, 7) is 1.67. The molecule has 0 aromatic heterocycles. The Morgan fingerprint density at radius 1 is 1.18 bits per heavy atom. The second kappa shape index (κ2) is 6.22. The number of piperazine rings is 1. The molecule has 7 heteroatoms. The van der Waals surface area contributed by atoms with Gasteiger partial charge in [0, 0.05) is 36.6 Å². The summed E-state index contributed by atoms with van der Waals surface area (Å²) in [4.78, 5) is 15.6. The molecule has 1 aromatic rings. The van der Waals surface area contributed by atoms with Crippen molar-refractivity contribution >= 4 is 27.7 Å². The molecule has 1 aromatic carbocycles. The largest absolute Gasteiger partial charge is 0.336 e. The molecule has 0 bridgehead atoms. The van der Waals surface area contributed by atoms with Gasteiger partial charge in [-0.3, -0.25) is 4.79 Å². The van der Waals surface area contributed by atoms with E-state index in [2.05, 4.69) is 0 Å². The average molecular weight is 340 g/mol. The summed E-state index contributed by atoms with van der Waals surface area (Å²) < 4.78 is 24.5. The van der Waals surface area contributed by atoms with Crippen molar-refractivity contribution < 1.29 is 13.2 Å². The van der Waals surface area contributed by atoms with Crippen LogP contribution in [0.5, 0.6) is 0 Å². The first-order valence-corrected chi connectivity index (χ1v) is 10.3. The lowest BCUT2D eigenvalue weighted by Gasteiger charge is -2.33. The Morgan fingerprint density at radius 2 is 1.91 bits per heavy atom. The van der Waals surface area contributed by atoms with Crippen LogP contribution in [0.25, 0.3) is 0 Å². The molecule has 1 amide bonds. The Balaban J connectivity index is 1.70. The molecule has 0 spiro atoms. The minimum Gasteiger partial charge on any atom is -0.336 e. The number of thioether (sulfide) groups is 1. The second-order valence-electron chi connectivity index (χ2n) is 5.73. The topological polar surface area (TPSA) is 57.7 Å². The van der Waals surface area contributed by atoms with Gasteiger partial charge < -0.3 is 4.90 Å². The van der Waals surface area contributed by atoms with E-state index in [1.165, 1.54) is 21.0 Å². The van der Waals surface area contributed by atoms with Crippen LogP contribution in [-0.4, -0.2) is 61.7 Å². The van der Waals surface area contributed by atoms with Crippen LogP contribution in [0, 0.1) is 0 Å². The van der Waals surface area contributed by atoms with Gasteiger partial charge in [-0.1, -0.05) is 0 Å². The lowest BCUT2D eigenvalue weighted by atomic mass is 10.1. The molecule has 0 N–H and O–H groups in total. The van der Waals surface area contributed by atoms with Gasteiger partial charge in [0.05, 0.1) is 6.26 Å². The number of carbonyl (C=O) groups excluding carboxylic acids is 1. The number of benzene rings is 1. The Labute approximate surface area is 135 Å². The van der Waals surface area contributed by atoms with E-state index in [-0.39, 0.29) is 5.91 Å². The third-order valence-corrected chi connectivity index (χ3v) is 6.66. The van der Waals surface area contributed by atoms with Crippen LogP contribution in [-0.2, 0) is 16.4 Å². The van der Waals surface area contributed by atoms with Crippen molar-refractivity contribution in [3.63, 3.8) is 0 Å². The highest BCUT2D eigenvalue weighted by molar-refractivity contribution is 7.99. The smallest absolute Gasteiger partial charge is 0.253 e. The van der Waals surface area contributed by atoms with Gasteiger partial charge in [0.1, 0.15) is 0 Å². The number of nitrogens with zero attached hydrogens (tertiary/aromatic N) is 2. The first-order chi connectivity index (χ1) is 10.4. The van der Waals surface area contributed by atoms with Gasteiger partial charge in [-0.05, 0) is 42.4 Å². The molecule has 1 saturated heterocycles. The second-order valence-corrected chi connectivity index (χ2v) is 8.85. The maximum absolute atomic E-state index is 12.6. The highest BCUT2D eigenvalue weighted by Crippen LogP contribution is 2.30. The van der Waals surface area contributed by atoms with E-state index in [1.54, 1.807) is 4.90 Å². The van der Waals surface area contributed by atoms with Crippen LogP contribution >= 0.6 is 11.8 Å². The van der Waals surface area contributed by atoms with Gasteiger partial charge in [-0.15, -0.1) is 11.8 Å². The fourth-order valence-corrected chi connectivity index (χ4v) is 4.74. The van der Waals surface area contributed by atoms with E-state index in [9.17, 15) is 13.2 Å². The summed E-state index contributed by atoms with van der Waals surface area (Å²) in [7, 11) is -3.16. The molecule has 0 unspecified atom stereocenters. The van der Waals surface area contributed by atoms with Crippen molar-refractivity contribution in [3.8, 4) is 0 Å². The monoisotopic (exact) mass is 340 g/mol. The maximum atomic E-state index is 12.6. The third kappa shape index (κ3) is 3.31. The molecule has 0 radical (unpaired) electrons. The minimum atomic E-state index is -3.16. The van der Waals surface area contributed by atoms with E-state index in [0.29, 0.717) is 31.7 Å². The normalized spacial score (nSPS) is 19.8. The Kier molecular flexibility index (Phi) is 4.47. The number of aryl methyl sites for hydroxylation is 1. The molecule has 3 rings (SSSR count). The summed E-state index contributed by atoms with van der Waals surface area (Å²) in [5.41, 5.74) is 1.98. The molecule has 1 fully saturated rings. The number of rotatable bonds is 2. The summed E-state index contributed by atoms with van der Waals surface area (Å²) in [5.74, 6) is 1.15. The molecule has 0 aliphatic carbocycles. The van der Waals surface area contributed by atoms with Crippen molar-refractivity contribution in [3.05, 3.63) is 29.3 Å². The van der Waals surface area contributed by atoms with Crippen LogP contribution in [0.2, 0.25) is 0 Å². The molecule has 0 saturated carbocycles. The lowest BCUT2D eigenvalue weighted by Crippen LogP contribution is -2.50. The molecule has 2 aliphatic heterocycles. The lowest BCUT2D eigenvalue weighted by molar-refractivity contribution is 0.0698. The quantitative estimate of drug-likeness (QED) is 0.817. The van der Waals surface area contributed by atoms with Crippen LogP contribution in [0.4, 0.5) is 0 Å². The third-order valence-electron chi connectivity index (χ3n) is 4.15. The van der Waals surface area contributed by atoms with Crippen LogP contribution in [0.1, 0.15) is 22.3 Å². The minimum absolute atomic E-state index is 0.00604. The number of sulfonamides is 1. The van der Waals surface area contributed by atoms with E-state index >= 15 is 0 Å². The standard InChI is InChI=1S/C15H20N2O3S2/c1-22(19,20)17-8-6-16(7-9-17)15(18)13-4-5-14-12(11-13)3-2-10-21-14/h4-5,11H,2-3,6-10H2,1H3. The van der Waals surface area contributed by atoms with Gasteiger partial charge in [-0.25, -0.2) is 8.42 Å². The zero-order valence-electron chi connectivity index (χ0n) is 12.6. The van der Waals surface area contributed by atoms with Crippen LogP contribution < -0.4 is 0 Å². The number of fused-ring (bicyclic) bond motifs is 1. The molecule has 5 nitrogen and oxygen atoms in total. The van der Waals surface area contributed by atoms with Gasteiger partial charge in [0.2, 0.25) is 10.0 Å². The highest BCUT2D eigenvalue weighted by Gasteiger charge is 2.27. The fraction of sp³-hybridized carbons (Fsp3) is 0.533. The van der Waals surface area contributed by atoms with Crippen molar-refractivity contribution in [2.45, 2.75) is 17.7 Å². The van der Waals surface area contributed by atoms with Crippen molar-refractivity contribution in [1.29, 1.82) is 0 Å². The Bertz CT molecular complexity index is 680. The summed E-state index contributed by atoms with van der Waals surface area (Å²) in [5, 5.41) is 0. The molecule has 2 aliphatic rings. The van der Waals surface area contributed by atoms with Crippen LogP contribution in [0.3, 0.4) is 0 Å². The molecule has 22 heavy (non-hydrogen) atoms. The van der Waals surface area contributed by atoms with E-state index in [4.69, 9.17) is 0 Å². The number of hydrogen-bond donors (Lipinski definition) is 0. The molecular weight excluding hydrogens is 320 g/mol. The first-order valence-electron chi connectivity index (χ1n) is 7.45. The average Bonchev–Trinajstić information content (AvgIpc) is 2.53. The number of hydrogen-bond acceptors (Lipinski definition) is 4. The molecular formula is C15H20N2O3S2. The van der Waals surface area contributed by atoms with Crippen molar-refractivity contribution in [1.82, 2.24) is 9.21 Å². The van der Waals surface area contributed by atoms with Gasteiger partial charge in [-0.2, -0.15) is 4.31 Å². The molecule has 120 valence electrons. The van der Waals surface area contributed by atoms with E-state index < -0.39 is 10.0 Å². The number of amides is 1. The zero-order valence-corrected chi connectivity index (χ0v) is 14.3. The van der Waals surface area contributed by atoms with Gasteiger partial charge in [0.15, 0.2) is 0 Å². The van der Waals surface area contributed by atoms with E-state index in [1.807, 2.05) is 30.0 Å². The first kappa shape index (κ1) is 15.8. The SMILES string of the molecule is CS(=O)(=O)N1CCN(C(=O)c2ccc3c(c2)CCCS3)CC1. The van der Waals surface area contributed by atoms with Crippen molar-refractivity contribution in [2.75, 3.05) is 38.2 Å². The molecule has 2 heterocycles. The van der Waals surface area contributed by atoms with Crippen molar-refractivity contribution in [2.24, 2.45) is 0 Å². The summed E-state index contributed by atoms with van der Waals surface area (Å²) >= 11 is 1.85. The van der Waals surface area contributed by atoms with Crippen LogP contribution in [0.15, 0.2) is 23.1 Å². The summed E-state index contributed by atoms with van der Waals surface area (Å²) in [6.07, 6.45) is 3.40. The molecule has 0 atom stereocenters. The van der Waals surface area contributed by atoms with Gasteiger partial charge in [0.25, 0.3) is 5.91 Å². The summed E-state index contributed by atoms with van der Waals surface area (Å²) in [6, 6.07) is 5.94. The van der Waals surface area contributed by atoms with E-state index in [0.717, 1.165) is 18.6 Å². The Hall–Kier alpha value is -1.05. The predicted molar refractivity (Wildman–Crippen MR) is 87.8 cm³/mol.